The van der Waals surface area contributed by atoms with Gasteiger partial charge in [0.15, 0.2) is 0 Å². The first-order valence-corrected chi connectivity index (χ1v) is 5.28. The third kappa shape index (κ3) is 2.10. The molecule has 0 aromatic carbocycles. The van der Waals surface area contributed by atoms with E-state index in [1.807, 2.05) is 7.05 Å². The van der Waals surface area contributed by atoms with Crippen molar-refractivity contribution in [2.75, 3.05) is 7.05 Å². The lowest BCUT2D eigenvalue weighted by Crippen LogP contribution is -2.21. The molecule has 64 valence electrons. The molecule has 0 aliphatic heterocycles. The molecule has 2 atom stereocenters. The van der Waals surface area contributed by atoms with Crippen LogP contribution >= 0.6 is 22.6 Å². The largest absolute Gasteiger partial charge is 0.391 e. The number of allylic oxidation sites excluding steroid dienone is 2. The van der Waals surface area contributed by atoms with Gasteiger partial charge in [-0.25, -0.2) is 0 Å². The van der Waals surface area contributed by atoms with Crippen LogP contribution in [0.2, 0.25) is 0 Å². The molecule has 1 aliphatic carbocycles. The molecule has 0 radical (unpaired) electrons. The molecule has 0 aromatic heterocycles. The first-order valence-electron chi connectivity index (χ1n) is 4.20. The van der Waals surface area contributed by atoms with Crippen LogP contribution in [0.1, 0.15) is 26.7 Å². The summed E-state index contributed by atoms with van der Waals surface area (Å²) in [6, 6.07) is 0. The zero-order valence-electron chi connectivity index (χ0n) is 7.45. The molecule has 2 heteroatoms. The monoisotopic (exact) mass is 265 g/mol. The van der Waals surface area contributed by atoms with Crippen LogP contribution in [0.15, 0.2) is 9.28 Å². The van der Waals surface area contributed by atoms with Crippen molar-refractivity contribution >= 4 is 22.6 Å². The van der Waals surface area contributed by atoms with Gasteiger partial charge in [-0.2, -0.15) is 0 Å². The maximum Gasteiger partial charge on any atom is 0.0201 e. The predicted molar refractivity (Wildman–Crippen MR) is 57.7 cm³/mol. The fraction of sp³-hybridized carbons (Fsp3) is 0.778. The van der Waals surface area contributed by atoms with Crippen LogP contribution in [0.5, 0.6) is 0 Å². The van der Waals surface area contributed by atoms with Crippen LogP contribution in [0, 0.1) is 11.8 Å². The Hall–Kier alpha value is 0.270. The van der Waals surface area contributed by atoms with Crippen LogP contribution in [0.4, 0.5) is 0 Å². The molecule has 1 N–H and O–H groups in total. The first-order chi connectivity index (χ1) is 5.15. The van der Waals surface area contributed by atoms with Crippen molar-refractivity contribution in [2.45, 2.75) is 26.7 Å². The second-order valence-corrected chi connectivity index (χ2v) is 4.80. The molecule has 11 heavy (non-hydrogen) atoms. The van der Waals surface area contributed by atoms with E-state index in [9.17, 15) is 0 Å². The summed E-state index contributed by atoms with van der Waals surface area (Å²) < 4.78 is 1.52. The zero-order valence-corrected chi connectivity index (χ0v) is 9.60. The van der Waals surface area contributed by atoms with Gasteiger partial charge < -0.3 is 5.32 Å². The minimum atomic E-state index is 0.843. The van der Waals surface area contributed by atoms with Crippen LogP contribution in [0.25, 0.3) is 0 Å². The summed E-state index contributed by atoms with van der Waals surface area (Å²) in [7, 11) is 2.02. The fourth-order valence-electron chi connectivity index (χ4n) is 1.48. The fourth-order valence-corrected chi connectivity index (χ4v) is 2.66. The minimum absolute atomic E-state index is 0.843. The number of hydrogen-bond donors (Lipinski definition) is 1. The average Bonchev–Trinajstić information content (AvgIpc) is 1.97. The van der Waals surface area contributed by atoms with Gasteiger partial charge in [0.1, 0.15) is 0 Å². The second-order valence-electron chi connectivity index (χ2n) is 3.50. The molecular formula is C9H16IN. The summed E-state index contributed by atoms with van der Waals surface area (Å²) in [5.41, 5.74) is 1.45. The summed E-state index contributed by atoms with van der Waals surface area (Å²) in [6.45, 7) is 4.68. The molecule has 0 heterocycles. The highest BCUT2D eigenvalue weighted by Crippen LogP contribution is 2.35. The van der Waals surface area contributed by atoms with Crippen LogP contribution in [0.3, 0.4) is 0 Å². The lowest BCUT2D eigenvalue weighted by atomic mass is 9.84. The first kappa shape index (κ1) is 9.36. The summed E-state index contributed by atoms with van der Waals surface area (Å²) in [4.78, 5) is 0. The van der Waals surface area contributed by atoms with Gasteiger partial charge in [-0.3, -0.25) is 0 Å². The van der Waals surface area contributed by atoms with E-state index in [-0.39, 0.29) is 0 Å². The molecule has 1 aliphatic rings. The van der Waals surface area contributed by atoms with Crippen molar-refractivity contribution in [3.63, 3.8) is 0 Å². The van der Waals surface area contributed by atoms with Crippen LogP contribution in [-0.4, -0.2) is 7.05 Å². The zero-order chi connectivity index (χ0) is 8.43. The molecule has 0 spiro atoms. The summed E-state index contributed by atoms with van der Waals surface area (Å²) in [5.74, 6) is 1.70. The molecule has 1 rings (SSSR count). The van der Waals surface area contributed by atoms with Crippen molar-refractivity contribution in [2.24, 2.45) is 11.8 Å². The van der Waals surface area contributed by atoms with Crippen molar-refractivity contribution in [1.29, 1.82) is 0 Å². The Balaban J connectivity index is 2.70. The Morgan fingerprint density at radius 2 is 1.82 bits per heavy atom. The van der Waals surface area contributed by atoms with Crippen molar-refractivity contribution < 1.29 is 0 Å². The van der Waals surface area contributed by atoms with E-state index >= 15 is 0 Å². The van der Waals surface area contributed by atoms with Crippen LogP contribution in [-0.2, 0) is 0 Å². The Bertz CT molecular complexity index is 174. The lowest BCUT2D eigenvalue weighted by molar-refractivity contribution is 0.361. The highest BCUT2D eigenvalue weighted by molar-refractivity contribution is 14.1. The van der Waals surface area contributed by atoms with Gasteiger partial charge in [-0.15, -0.1) is 0 Å². The van der Waals surface area contributed by atoms with E-state index in [2.05, 4.69) is 41.8 Å². The second kappa shape index (κ2) is 3.78. The molecule has 1 nitrogen and oxygen atoms in total. The lowest BCUT2D eigenvalue weighted by Gasteiger charge is -2.27. The quantitative estimate of drug-likeness (QED) is 0.719. The topological polar surface area (TPSA) is 12.0 Å². The van der Waals surface area contributed by atoms with Crippen molar-refractivity contribution in [3.05, 3.63) is 9.28 Å². The van der Waals surface area contributed by atoms with Gasteiger partial charge in [0.25, 0.3) is 0 Å². The summed E-state index contributed by atoms with van der Waals surface area (Å²) >= 11 is 2.46. The van der Waals surface area contributed by atoms with E-state index in [1.165, 1.54) is 22.1 Å². The number of nitrogens with one attached hydrogen (secondary N) is 1. The summed E-state index contributed by atoms with van der Waals surface area (Å²) in [5, 5.41) is 3.28. The van der Waals surface area contributed by atoms with Gasteiger partial charge in [0.05, 0.1) is 0 Å². The number of rotatable bonds is 1. The third-order valence-corrected chi connectivity index (χ3v) is 3.72. The number of hydrogen-bond acceptors (Lipinski definition) is 1. The maximum absolute atomic E-state index is 3.28. The van der Waals surface area contributed by atoms with Gasteiger partial charge in [0.2, 0.25) is 0 Å². The minimum Gasteiger partial charge on any atom is -0.391 e. The Kier molecular flexibility index (Phi) is 3.22. The standard InChI is InChI=1S/C9H16IN/c1-6-4-8(10)9(11-3)5-7(6)2/h6-7,11H,4-5H2,1-3H3/t6-,7+/m0/s1. The number of halogens is 1. The van der Waals surface area contributed by atoms with Crippen molar-refractivity contribution in [1.82, 2.24) is 5.32 Å². The van der Waals surface area contributed by atoms with E-state index in [4.69, 9.17) is 0 Å². The van der Waals surface area contributed by atoms with E-state index < -0.39 is 0 Å². The smallest absolute Gasteiger partial charge is 0.0201 e. The van der Waals surface area contributed by atoms with Crippen LogP contribution < -0.4 is 5.32 Å². The molecule has 0 saturated heterocycles. The van der Waals surface area contributed by atoms with E-state index in [0.29, 0.717) is 0 Å². The molecule has 0 unspecified atom stereocenters. The van der Waals surface area contributed by atoms with Gasteiger partial charge in [0, 0.05) is 16.3 Å². The Morgan fingerprint density at radius 1 is 1.27 bits per heavy atom. The molecule has 0 fully saturated rings. The van der Waals surface area contributed by atoms with E-state index in [0.717, 1.165) is 11.8 Å². The molecule has 0 bridgehead atoms. The molecule has 0 saturated carbocycles. The predicted octanol–water partition coefficient (Wildman–Crippen LogP) is 2.92. The Morgan fingerprint density at radius 3 is 2.36 bits per heavy atom. The SMILES string of the molecule is CNC1=C(I)C[C@H](C)[C@H](C)C1. The highest BCUT2D eigenvalue weighted by atomic mass is 127. The van der Waals surface area contributed by atoms with Gasteiger partial charge in [-0.1, -0.05) is 13.8 Å². The molecule has 0 amide bonds. The van der Waals surface area contributed by atoms with Gasteiger partial charge in [-0.05, 0) is 47.3 Å². The molecule has 0 aromatic rings. The summed E-state index contributed by atoms with van der Waals surface area (Å²) in [6.07, 6.45) is 2.49. The van der Waals surface area contributed by atoms with Crippen molar-refractivity contribution in [3.8, 4) is 0 Å². The Labute approximate surface area is 82.8 Å². The third-order valence-electron chi connectivity index (χ3n) is 2.63. The normalized spacial score (nSPS) is 32.4. The maximum atomic E-state index is 3.28. The van der Waals surface area contributed by atoms with E-state index in [1.54, 1.807) is 0 Å². The average molecular weight is 265 g/mol. The molecular weight excluding hydrogens is 249 g/mol. The van der Waals surface area contributed by atoms with Gasteiger partial charge >= 0.3 is 0 Å². The highest BCUT2D eigenvalue weighted by Gasteiger charge is 2.21.